The van der Waals surface area contributed by atoms with E-state index in [1.807, 2.05) is 0 Å². The van der Waals surface area contributed by atoms with Gasteiger partial charge in [0.2, 0.25) is 0 Å². The van der Waals surface area contributed by atoms with Crippen molar-refractivity contribution in [1.82, 2.24) is 0 Å². The van der Waals surface area contributed by atoms with Gasteiger partial charge in [0, 0.05) is 105 Å². The first-order valence-electron chi connectivity index (χ1n) is 15.3. The average Bonchev–Trinajstić information content (AvgIpc) is 3.12. The molecule has 18 nitrogen and oxygen atoms in total. The Bertz CT molecular complexity index is 2990. The van der Waals surface area contributed by atoms with Gasteiger partial charge in [-0.3, -0.25) is 13.7 Å². The number of phenolic OH excluding ortho intramolecular Hbond substituents is 2. The summed E-state index contributed by atoms with van der Waals surface area (Å²) in [5.41, 5.74) is 6.43. The fourth-order valence-corrected chi connectivity index (χ4v) is 7.33. The van der Waals surface area contributed by atoms with E-state index in [1.165, 1.54) is 44.6 Å². The van der Waals surface area contributed by atoms with E-state index in [0.29, 0.717) is 16.8 Å². The minimum Gasteiger partial charge on any atom is -0.505 e. The van der Waals surface area contributed by atoms with Gasteiger partial charge >= 0.3 is 0 Å². The Morgan fingerprint density at radius 2 is 1.00 bits per heavy atom. The molecule has 6 aromatic carbocycles. The fourth-order valence-electron chi connectivity index (χ4n) is 5.54. The van der Waals surface area contributed by atoms with Crippen molar-refractivity contribution >= 4 is 169 Å². The van der Waals surface area contributed by atoms with Crippen LogP contribution in [0.4, 0.5) is 28.4 Å². The molecule has 0 fully saturated rings. The van der Waals surface area contributed by atoms with Gasteiger partial charge in [-0.25, -0.2) is 0 Å². The number of azo groups is 2. The van der Waals surface area contributed by atoms with Crippen LogP contribution < -0.4 is 15.2 Å². The number of anilines is 1. The van der Waals surface area contributed by atoms with Crippen molar-refractivity contribution in [1.29, 1.82) is 0 Å². The maximum Gasteiger partial charge on any atom is 0.298 e. The largest absolute Gasteiger partial charge is 0.505 e. The molecule has 6 rings (SSSR count). The molecule has 0 atom stereocenters. The molecule has 6 aromatic rings. The monoisotopic (exact) mass is 878 g/mol. The van der Waals surface area contributed by atoms with Crippen LogP contribution in [-0.4, -0.2) is 152 Å². The van der Waals surface area contributed by atoms with E-state index in [9.17, 15) is 49.1 Å². The number of aromatic hydroxyl groups is 2. The molecule has 0 unspecified atom stereocenters. The van der Waals surface area contributed by atoms with Crippen LogP contribution in [0.15, 0.2) is 120 Å². The number of nitrogens with zero attached hydrogens (tertiary/aromatic N) is 4. The Hall–Kier alpha value is -3.23. The van der Waals surface area contributed by atoms with Gasteiger partial charge in [0.1, 0.15) is 44.0 Å². The van der Waals surface area contributed by atoms with Crippen LogP contribution in [0.2, 0.25) is 0 Å². The second-order valence-corrected chi connectivity index (χ2v) is 15.8. The normalized spacial score (nSPS) is 11.9. The number of nitrogen functional groups attached to an aromatic ring is 1. The van der Waals surface area contributed by atoms with Crippen LogP contribution in [0.3, 0.4) is 0 Å². The topological polar surface area (TPSA) is 297 Å². The number of hydrogen-bond donors (Lipinski definition) is 6. The van der Waals surface area contributed by atoms with Crippen LogP contribution in [0.25, 0.3) is 32.7 Å². The van der Waals surface area contributed by atoms with Crippen molar-refractivity contribution < 1.29 is 58.6 Å². The summed E-state index contributed by atoms with van der Waals surface area (Å²) in [6.07, 6.45) is 0. The quantitative estimate of drug-likeness (QED) is 0.0392. The van der Waals surface area contributed by atoms with Crippen molar-refractivity contribution in [3.8, 4) is 34.1 Å². The summed E-state index contributed by atoms with van der Waals surface area (Å²) in [5.74, 6) is -1.22. The molecule has 0 aliphatic heterocycles. The molecule has 3 radical (unpaired) electrons. The molecule has 24 heteroatoms. The molecule has 0 aliphatic carbocycles. The van der Waals surface area contributed by atoms with Crippen molar-refractivity contribution in [2.45, 2.75) is 14.7 Å². The minimum absolute atomic E-state index is 0. The zero-order chi connectivity index (χ0) is 40.0. The van der Waals surface area contributed by atoms with Gasteiger partial charge in [-0.1, -0.05) is 18.2 Å². The second kappa shape index (κ2) is 19.0. The summed E-state index contributed by atoms with van der Waals surface area (Å²) in [7, 11) is -11.9. The zero-order valence-electron chi connectivity index (χ0n) is 31.2. The second-order valence-electron chi connectivity index (χ2n) is 11.6. The molecular weight excluding hydrogens is 852 g/mol. The number of rotatable bonds is 10. The molecular formula is C34H27N5Na3O13S3. The van der Waals surface area contributed by atoms with Gasteiger partial charge in [0.25, 0.3) is 30.4 Å². The predicted molar refractivity (Wildman–Crippen MR) is 216 cm³/mol. The molecule has 0 aromatic heterocycles. The number of ether oxygens (including phenoxy) is 2. The van der Waals surface area contributed by atoms with E-state index >= 15 is 0 Å². The smallest absolute Gasteiger partial charge is 0.298 e. The molecule has 58 heavy (non-hydrogen) atoms. The Kier molecular flexibility index (Phi) is 16.1. The maximum atomic E-state index is 12.2. The van der Waals surface area contributed by atoms with Crippen LogP contribution in [0, 0.1) is 0 Å². The van der Waals surface area contributed by atoms with Gasteiger partial charge in [-0.2, -0.15) is 25.3 Å². The average molecular weight is 879 g/mol. The number of fused-ring (bicyclic) bond motifs is 2. The van der Waals surface area contributed by atoms with Gasteiger partial charge in [-0.15, -0.1) is 20.5 Å². The first-order valence-corrected chi connectivity index (χ1v) is 19.6. The zero-order valence-corrected chi connectivity index (χ0v) is 39.6. The first kappa shape index (κ1) is 49.1. The standard InChI is InChI=1S/C34H27N5O13S3.3Na/c1-51-27-13-17(3-9-25(27)36-38-31-23-8-6-22(53(42,43)44)12-20(23)16-30(34(31)41)55(48,49)50)18-4-10-26(28(14-18)52-2)37-39-32-29(54(45,46)47)15-19-11-21(35)5-7-24(19)33(32)40;;;/h3-16,40-41H,35H2,1-2H3,(H,42,43,44)(H,45,46,47)(H,48,49,50);;;. The van der Waals surface area contributed by atoms with E-state index in [1.54, 1.807) is 24.3 Å². The molecule has 0 heterocycles. The van der Waals surface area contributed by atoms with Crippen molar-refractivity contribution in [2.75, 3.05) is 20.0 Å². The third-order valence-corrected chi connectivity index (χ3v) is 10.7. The summed E-state index contributed by atoms with van der Waals surface area (Å²) in [4.78, 5) is -2.27. The van der Waals surface area contributed by atoms with E-state index in [2.05, 4.69) is 20.5 Å². The number of nitrogens with two attached hydrogens (primary N) is 1. The number of phenols is 2. The molecule has 0 spiro atoms. The van der Waals surface area contributed by atoms with Gasteiger partial charge in [0.15, 0.2) is 11.5 Å². The SMILES string of the molecule is COc1cc(-c2ccc(N=Nc3c(O)c(S(=O)(=O)O)cc4cc(S(=O)(=O)O)ccc34)c(OC)c2)ccc1N=Nc1c(S(=O)(=O)O)cc2cc(N)ccc2c1O.[Na].[Na].[Na]. The third kappa shape index (κ3) is 10.4. The van der Waals surface area contributed by atoms with Crippen molar-refractivity contribution in [2.24, 2.45) is 20.5 Å². The predicted octanol–water partition coefficient (Wildman–Crippen LogP) is 6.10. The maximum absolute atomic E-state index is 12.2. The van der Waals surface area contributed by atoms with E-state index in [4.69, 9.17) is 15.2 Å². The van der Waals surface area contributed by atoms with Crippen LogP contribution in [0.1, 0.15) is 0 Å². The molecule has 0 saturated heterocycles. The number of benzene rings is 6. The number of hydrogen-bond acceptors (Lipinski definition) is 15. The summed E-state index contributed by atoms with van der Waals surface area (Å²) >= 11 is 0. The summed E-state index contributed by atoms with van der Waals surface area (Å²) in [5, 5.41) is 38.1. The van der Waals surface area contributed by atoms with Crippen molar-refractivity contribution in [3.05, 3.63) is 84.9 Å². The summed E-state index contributed by atoms with van der Waals surface area (Å²) in [6.45, 7) is 0. The Labute approximate surface area is 397 Å². The Morgan fingerprint density at radius 3 is 1.50 bits per heavy atom. The first-order chi connectivity index (χ1) is 25.8. The van der Waals surface area contributed by atoms with Crippen LogP contribution in [-0.2, 0) is 30.4 Å². The van der Waals surface area contributed by atoms with Crippen LogP contribution in [0.5, 0.6) is 23.0 Å². The van der Waals surface area contributed by atoms with Crippen LogP contribution >= 0.6 is 0 Å². The Balaban J connectivity index is 0.00000300. The van der Waals surface area contributed by atoms with Gasteiger partial charge in [0.05, 0.1) is 19.1 Å². The van der Waals surface area contributed by atoms with E-state index < -0.39 is 67.9 Å². The van der Waals surface area contributed by atoms with Crippen molar-refractivity contribution in [3.63, 3.8) is 0 Å². The molecule has 0 amide bonds. The summed E-state index contributed by atoms with van der Waals surface area (Å²) in [6, 6.07) is 18.7. The third-order valence-electron chi connectivity index (χ3n) is 8.16. The molecule has 0 aliphatic rings. The number of methoxy groups -OCH3 is 2. The van der Waals surface area contributed by atoms with E-state index in [0.717, 1.165) is 30.3 Å². The molecule has 287 valence electrons. The van der Waals surface area contributed by atoms with E-state index in [-0.39, 0.29) is 133 Å². The molecule has 0 saturated carbocycles. The fraction of sp³-hybridized carbons (Fsp3) is 0.0588. The molecule has 7 N–H and O–H groups in total. The Morgan fingerprint density at radius 1 is 0.517 bits per heavy atom. The minimum atomic E-state index is -5.03. The van der Waals surface area contributed by atoms with Gasteiger partial charge < -0.3 is 25.4 Å². The van der Waals surface area contributed by atoms with Gasteiger partial charge in [-0.05, 0) is 88.6 Å². The summed E-state index contributed by atoms with van der Waals surface area (Å²) < 4.78 is 112. The molecule has 0 bridgehead atoms.